The zero-order chi connectivity index (χ0) is 8.53. The van der Waals surface area contributed by atoms with Gasteiger partial charge in [0.2, 0.25) is 0 Å². The van der Waals surface area contributed by atoms with Crippen LogP contribution in [0.5, 0.6) is 0 Å². The second kappa shape index (κ2) is 7.11. The van der Waals surface area contributed by atoms with Crippen molar-refractivity contribution in [1.82, 2.24) is 0 Å². The first-order valence-electron chi connectivity index (χ1n) is 4.03. The van der Waals surface area contributed by atoms with Gasteiger partial charge in [0.1, 0.15) is 0 Å². The van der Waals surface area contributed by atoms with Gasteiger partial charge >= 0.3 is 0 Å². The topological polar surface area (TPSA) is 0 Å². The number of hydrogen-bond acceptors (Lipinski definition) is 0. The van der Waals surface area contributed by atoms with Crippen molar-refractivity contribution in [2.75, 3.05) is 0 Å². The van der Waals surface area contributed by atoms with Gasteiger partial charge in [0.15, 0.2) is 0 Å². The molecule has 0 heteroatoms. The van der Waals surface area contributed by atoms with Gasteiger partial charge in [-0.3, -0.25) is 0 Å². The predicted molar refractivity (Wildman–Crippen MR) is 51.5 cm³/mol. The lowest BCUT2D eigenvalue weighted by Gasteiger charge is -1.85. The van der Waals surface area contributed by atoms with Crippen LogP contribution in [-0.2, 0) is 0 Å². The van der Waals surface area contributed by atoms with Gasteiger partial charge in [0.25, 0.3) is 0 Å². The number of unbranched alkanes of at least 4 members (excludes halogenated alkanes) is 1. The summed E-state index contributed by atoms with van der Waals surface area (Å²) in [6.45, 7) is 7.94. The van der Waals surface area contributed by atoms with E-state index >= 15 is 0 Å². The van der Waals surface area contributed by atoms with E-state index in [1.54, 1.807) is 0 Å². The summed E-state index contributed by atoms with van der Waals surface area (Å²) in [5.41, 5.74) is 3.98. The van der Waals surface area contributed by atoms with Gasteiger partial charge in [-0.25, -0.2) is 0 Å². The van der Waals surface area contributed by atoms with Crippen LogP contribution in [0.3, 0.4) is 0 Å². The van der Waals surface area contributed by atoms with Crippen LogP contribution < -0.4 is 0 Å². The third-order valence-electron chi connectivity index (χ3n) is 1.22. The standard InChI is InChI=1S/C11H16/c1-4-6-8-10-11(3)9-7-5-2/h5,8-10H,3-4,6H2,1-2H3/b10-8+. The summed E-state index contributed by atoms with van der Waals surface area (Å²) >= 11 is 0. The third kappa shape index (κ3) is 6.89. The molecule has 0 bridgehead atoms. The Bertz CT molecular complexity index is 188. The lowest BCUT2D eigenvalue weighted by molar-refractivity contribution is 0.958. The predicted octanol–water partition coefficient (Wildman–Crippen LogP) is 3.63. The number of rotatable bonds is 4. The summed E-state index contributed by atoms with van der Waals surface area (Å²) < 4.78 is 0. The molecule has 0 saturated heterocycles. The average Bonchev–Trinajstić information content (AvgIpc) is 2.01. The molecule has 0 aliphatic rings. The molecule has 0 amide bonds. The quantitative estimate of drug-likeness (QED) is 0.422. The normalized spacial score (nSPS) is 9.27. The minimum absolute atomic E-state index is 1.01. The van der Waals surface area contributed by atoms with E-state index in [0.717, 1.165) is 12.0 Å². The molecule has 0 nitrogen and oxygen atoms in total. The molecule has 60 valence electrons. The van der Waals surface area contributed by atoms with Crippen LogP contribution >= 0.6 is 0 Å². The molecule has 0 unspecified atom stereocenters. The van der Waals surface area contributed by atoms with Crippen molar-refractivity contribution in [3.8, 4) is 0 Å². The van der Waals surface area contributed by atoms with Gasteiger partial charge < -0.3 is 0 Å². The number of allylic oxidation sites excluding steroid dienone is 4. The smallest absolute Gasteiger partial charge is 0.0137 e. The Morgan fingerprint density at radius 1 is 1.55 bits per heavy atom. The summed E-state index contributed by atoms with van der Waals surface area (Å²) in [6.07, 6.45) is 10.2. The zero-order valence-electron chi connectivity index (χ0n) is 7.43. The van der Waals surface area contributed by atoms with Gasteiger partial charge in [-0.05, 0) is 31.1 Å². The Morgan fingerprint density at radius 3 is 2.82 bits per heavy atom. The van der Waals surface area contributed by atoms with Crippen molar-refractivity contribution >= 4 is 0 Å². The van der Waals surface area contributed by atoms with E-state index in [1.807, 2.05) is 25.2 Å². The second-order valence-electron chi connectivity index (χ2n) is 2.37. The second-order valence-corrected chi connectivity index (χ2v) is 2.37. The van der Waals surface area contributed by atoms with E-state index in [1.165, 1.54) is 6.42 Å². The Balaban J connectivity index is 3.78. The van der Waals surface area contributed by atoms with Gasteiger partial charge in [-0.15, -0.1) is 5.73 Å². The van der Waals surface area contributed by atoms with Gasteiger partial charge in [-0.2, -0.15) is 0 Å². The summed E-state index contributed by atoms with van der Waals surface area (Å²) in [4.78, 5) is 0. The molecule has 0 aliphatic heterocycles. The summed E-state index contributed by atoms with van der Waals surface area (Å²) in [6, 6.07) is 0. The Labute approximate surface area is 69.6 Å². The minimum Gasteiger partial charge on any atom is -0.125 e. The molecule has 0 radical (unpaired) electrons. The Kier molecular flexibility index (Phi) is 6.46. The third-order valence-corrected chi connectivity index (χ3v) is 1.22. The fourth-order valence-corrected chi connectivity index (χ4v) is 0.640. The minimum atomic E-state index is 1.01. The van der Waals surface area contributed by atoms with Gasteiger partial charge in [-0.1, -0.05) is 32.1 Å². The lowest BCUT2D eigenvalue weighted by atomic mass is 10.2. The highest BCUT2D eigenvalue weighted by molar-refractivity contribution is 5.26. The summed E-state index contributed by atoms with van der Waals surface area (Å²) in [7, 11) is 0. The fraction of sp³-hybridized carbons (Fsp3) is 0.364. The number of hydrogen-bond donors (Lipinski definition) is 0. The maximum atomic E-state index is 3.84. The van der Waals surface area contributed by atoms with E-state index in [0.29, 0.717) is 0 Å². The van der Waals surface area contributed by atoms with Crippen LogP contribution in [0.2, 0.25) is 0 Å². The molecule has 0 aliphatic carbocycles. The van der Waals surface area contributed by atoms with Crippen LogP contribution in [0.15, 0.2) is 42.2 Å². The Morgan fingerprint density at radius 2 is 2.27 bits per heavy atom. The molecule has 0 spiro atoms. The average molecular weight is 148 g/mol. The maximum absolute atomic E-state index is 3.84. The molecule has 0 N–H and O–H groups in total. The van der Waals surface area contributed by atoms with Crippen LogP contribution in [0.25, 0.3) is 0 Å². The van der Waals surface area contributed by atoms with E-state index in [-0.39, 0.29) is 0 Å². The highest BCUT2D eigenvalue weighted by Crippen LogP contribution is 1.96. The van der Waals surface area contributed by atoms with Gasteiger partial charge in [0, 0.05) is 0 Å². The molecule has 0 saturated carbocycles. The van der Waals surface area contributed by atoms with Crippen molar-refractivity contribution in [1.29, 1.82) is 0 Å². The van der Waals surface area contributed by atoms with E-state index in [9.17, 15) is 0 Å². The summed E-state index contributed by atoms with van der Waals surface area (Å²) in [5, 5.41) is 0. The van der Waals surface area contributed by atoms with Crippen molar-refractivity contribution < 1.29 is 0 Å². The largest absolute Gasteiger partial charge is 0.125 e. The lowest BCUT2D eigenvalue weighted by Crippen LogP contribution is -1.65. The first-order valence-corrected chi connectivity index (χ1v) is 4.03. The first-order chi connectivity index (χ1) is 5.31. The zero-order valence-corrected chi connectivity index (χ0v) is 7.43. The molecule has 0 aromatic rings. The molecular weight excluding hydrogens is 132 g/mol. The first kappa shape index (κ1) is 10.0. The molecule has 0 rings (SSSR count). The van der Waals surface area contributed by atoms with Crippen LogP contribution in [0.4, 0.5) is 0 Å². The van der Waals surface area contributed by atoms with Crippen molar-refractivity contribution in [3.63, 3.8) is 0 Å². The molecule has 0 fully saturated rings. The van der Waals surface area contributed by atoms with Gasteiger partial charge in [0.05, 0.1) is 0 Å². The SMILES string of the molecule is C=C(C=C=CC)/C=C/CCC. The molecule has 0 heterocycles. The fourth-order valence-electron chi connectivity index (χ4n) is 0.640. The van der Waals surface area contributed by atoms with Crippen molar-refractivity contribution in [2.45, 2.75) is 26.7 Å². The molecular formula is C11H16. The van der Waals surface area contributed by atoms with Crippen LogP contribution in [0.1, 0.15) is 26.7 Å². The highest BCUT2D eigenvalue weighted by Gasteiger charge is 1.76. The van der Waals surface area contributed by atoms with E-state index in [2.05, 4.69) is 25.3 Å². The maximum Gasteiger partial charge on any atom is -0.0137 e. The molecule has 11 heavy (non-hydrogen) atoms. The Hall–Kier alpha value is -1.00. The molecule has 0 atom stereocenters. The van der Waals surface area contributed by atoms with E-state index in [4.69, 9.17) is 0 Å². The van der Waals surface area contributed by atoms with E-state index < -0.39 is 0 Å². The monoisotopic (exact) mass is 148 g/mol. The van der Waals surface area contributed by atoms with Crippen LogP contribution in [0, 0.1) is 0 Å². The van der Waals surface area contributed by atoms with Crippen molar-refractivity contribution in [3.05, 3.63) is 42.2 Å². The van der Waals surface area contributed by atoms with Crippen LogP contribution in [-0.4, -0.2) is 0 Å². The molecule has 0 aromatic heterocycles. The summed E-state index contributed by atoms with van der Waals surface area (Å²) in [5.74, 6) is 0. The molecule has 0 aromatic carbocycles. The van der Waals surface area contributed by atoms with Crippen molar-refractivity contribution in [2.24, 2.45) is 0 Å². The highest BCUT2D eigenvalue weighted by atomic mass is 13.8.